The van der Waals surface area contributed by atoms with Gasteiger partial charge in [0.05, 0.1) is 12.7 Å². The molecule has 7 heteroatoms. The summed E-state index contributed by atoms with van der Waals surface area (Å²) < 4.78 is 4.97. The van der Waals surface area contributed by atoms with Crippen molar-refractivity contribution < 1.29 is 24.5 Å². The minimum Gasteiger partial charge on any atom is -0.480 e. The Morgan fingerprint density at radius 2 is 1.85 bits per heavy atom. The molecule has 0 rings (SSSR count). The number of rotatable bonds is 9. The van der Waals surface area contributed by atoms with Gasteiger partial charge in [0.2, 0.25) is 0 Å². The summed E-state index contributed by atoms with van der Waals surface area (Å²) in [5, 5.41) is 20.7. The lowest BCUT2D eigenvalue weighted by molar-refractivity contribution is -0.141. The SMILES string of the molecule is CCC(CC)N(CCOC)C(=O)N[C@H](C(=O)O)[C@@H](C)O. The Morgan fingerprint density at radius 3 is 2.20 bits per heavy atom. The molecule has 20 heavy (non-hydrogen) atoms. The lowest BCUT2D eigenvalue weighted by Gasteiger charge is -2.32. The minimum absolute atomic E-state index is 0.00796. The van der Waals surface area contributed by atoms with Crippen LogP contribution in [0.1, 0.15) is 33.6 Å². The summed E-state index contributed by atoms with van der Waals surface area (Å²) >= 11 is 0. The van der Waals surface area contributed by atoms with E-state index in [-0.39, 0.29) is 6.04 Å². The van der Waals surface area contributed by atoms with E-state index < -0.39 is 24.1 Å². The largest absolute Gasteiger partial charge is 0.480 e. The van der Waals surface area contributed by atoms with E-state index >= 15 is 0 Å². The van der Waals surface area contributed by atoms with Crippen LogP contribution in [-0.2, 0) is 9.53 Å². The minimum atomic E-state index is -1.32. The van der Waals surface area contributed by atoms with Gasteiger partial charge in [-0.2, -0.15) is 0 Å². The number of carboxylic acids is 1. The molecule has 0 aromatic carbocycles. The Labute approximate surface area is 119 Å². The van der Waals surface area contributed by atoms with E-state index in [0.29, 0.717) is 13.2 Å². The van der Waals surface area contributed by atoms with Crippen LogP contribution in [0.15, 0.2) is 0 Å². The monoisotopic (exact) mass is 290 g/mol. The molecule has 0 fully saturated rings. The smallest absolute Gasteiger partial charge is 0.328 e. The third-order valence-corrected chi connectivity index (χ3v) is 3.21. The lowest BCUT2D eigenvalue weighted by Crippen LogP contribution is -2.55. The molecule has 0 unspecified atom stereocenters. The normalized spacial score (nSPS) is 13.9. The Balaban J connectivity index is 4.88. The lowest BCUT2D eigenvalue weighted by atomic mass is 10.1. The highest BCUT2D eigenvalue weighted by molar-refractivity contribution is 5.83. The van der Waals surface area contributed by atoms with E-state index in [2.05, 4.69) is 5.32 Å². The fraction of sp³-hybridized carbons (Fsp3) is 0.846. The van der Waals surface area contributed by atoms with E-state index in [9.17, 15) is 14.7 Å². The fourth-order valence-electron chi connectivity index (χ4n) is 1.97. The number of hydrogen-bond acceptors (Lipinski definition) is 4. The summed E-state index contributed by atoms with van der Waals surface area (Å²) in [5.74, 6) is -1.26. The van der Waals surface area contributed by atoms with Crippen molar-refractivity contribution in [2.24, 2.45) is 0 Å². The molecule has 0 bridgehead atoms. The van der Waals surface area contributed by atoms with Gasteiger partial charge in [0.25, 0.3) is 0 Å². The van der Waals surface area contributed by atoms with Crippen molar-refractivity contribution in [1.82, 2.24) is 10.2 Å². The number of methoxy groups -OCH3 is 1. The molecule has 0 heterocycles. The predicted molar refractivity (Wildman–Crippen MR) is 74.6 cm³/mol. The molecule has 7 nitrogen and oxygen atoms in total. The number of aliphatic hydroxyl groups is 1. The molecule has 2 atom stereocenters. The zero-order valence-corrected chi connectivity index (χ0v) is 12.6. The Kier molecular flexibility index (Phi) is 8.91. The van der Waals surface area contributed by atoms with Crippen molar-refractivity contribution in [3.05, 3.63) is 0 Å². The van der Waals surface area contributed by atoms with Crippen molar-refractivity contribution in [2.75, 3.05) is 20.3 Å². The average molecular weight is 290 g/mol. The number of carboxylic acid groups (broad SMARTS) is 1. The Morgan fingerprint density at radius 1 is 1.30 bits per heavy atom. The molecule has 0 aliphatic carbocycles. The third kappa shape index (κ3) is 5.75. The molecule has 3 N–H and O–H groups in total. The second kappa shape index (κ2) is 9.55. The molecule has 0 radical (unpaired) electrons. The van der Waals surface area contributed by atoms with Crippen LogP contribution in [0.5, 0.6) is 0 Å². The Hall–Kier alpha value is -1.34. The maximum atomic E-state index is 12.2. The topological polar surface area (TPSA) is 99.1 Å². The van der Waals surface area contributed by atoms with Gasteiger partial charge in [0.1, 0.15) is 0 Å². The van der Waals surface area contributed by atoms with Crippen molar-refractivity contribution in [3.63, 3.8) is 0 Å². The van der Waals surface area contributed by atoms with Crippen molar-refractivity contribution in [3.8, 4) is 0 Å². The van der Waals surface area contributed by atoms with Crippen LogP contribution < -0.4 is 5.32 Å². The number of hydrogen-bond donors (Lipinski definition) is 3. The number of urea groups is 1. The summed E-state index contributed by atoms with van der Waals surface area (Å²) in [6.07, 6.45) is 0.363. The number of aliphatic carboxylic acids is 1. The molecule has 0 aliphatic rings. The molecule has 0 spiro atoms. The van der Waals surface area contributed by atoms with Crippen molar-refractivity contribution in [2.45, 2.75) is 51.8 Å². The van der Waals surface area contributed by atoms with Gasteiger partial charge in [-0.05, 0) is 19.8 Å². The second-order valence-corrected chi connectivity index (χ2v) is 4.66. The maximum Gasteiger partial charge on any atom is 0.328 e. The molecule has 0 saturated heterocycles. The molecule has 0 aliphatic heterocycles. The van der Waals surface area contributed by atoms with E-state index in [1.54, 1.807) is 12.0 Å². The van der Waals surface area contributed by atoms with Gasteiger partial charge in [-0.1, -0.05) is 13.8 Å². The molecular weight excluding hydrogens is 264 g/mol. The van der Waals surface area contributed by atoms with Gasteiger partial charge in [-0.15, -0.1) is 0 Å². The predicted octanol–water partition coefficient (Wildman–Crippen LogP) is 0.667. The summed E-state index contributed by atoms with van der Waals surface area (Å²) in [7, 11) is 1.54. The van der Waals surface area contributed by atoms with Crippen molar-refractivity contribution >= 4 is 12.0 Å². The highest BCUT2D eigenvalue weighted by Crippen LogP contribution is 2.09. The summed E-state index contributed by atoms with van der Waals surface area (Å²) in [4.78, 5) is 24.8. The summed E-state index contributed by atoms with van der Waals surface area (Å²) in [6.45, 7) is 6.00. The third-order valence-electron chi connectivity index (χ3n) is 3.21. The van der Waals surface area contributed by atoms with E-state index in [4.69, 9.17) is 9.84 Å². The first-order valence-corrected chi connectivity index (χ1v) is 6.85. The number of ether oxygens (including phenoxy) is 1. The molecule has 2 amide bonds. The zero-order chi connectivity index (χ0) is 15.7. The van der Waals surface area contributed by atoms with Gasteiger partial charge in [0.15, 0.2) is 6.04 Å². The highest BCUT2D eigenvalue weighted by atomic mass is 16.5. The molecule has 118 valence electrons. The first-order chi connectivity index (χ1) is 9.38. The highest BCUT2D eigenvalue weighted by Gasteiger charge is 2.29. The van der Waals surface area contributed by atoms with Crippen LogP contribution in [0.2, 0.25) is 0 Å². The molecule has 0 saturated carbocycles. The van der Waals surface area contributed by atoms with Gasteiger partial charge < -0.3 is 25.2 Å². The van der Waals surface area contributed by atoms with E-state index in [1.807, 2.05) is 13.8 Å². The number of amides is 2. The van der Waals surface area contributed by atoms with Crippen LogP contribution in [0, 0.1) is 0 Å². The van der Waals surface area contributed by atoms with Gasteiger partial charge in [-0.25, -0.2) is 9.59 Å². The van der Waals surface area contributed by atoms with E-state index in [0.717, 1.165) is 12.8 Å². The van der Waals surface area contributed by atoms with Crippen molar-refractivity contribution in [1.29, 1.82) is 0 Å². The van der Waals surface area contributed by atoms with Crippen LogP contribution in [0.25, 0.3) is 0 Å². The number of nitrogens with one attached hydrogen (secondary N) is 1. The van der Waals surface area contributed by atoms with Gasteiger partial charge in [0, 0.05) is 19.7 Å². The molecular formula is C13H26N2O5. The summed E-state index contributed by atoms with van der Waals surface area (Å²) in [6, 6.07) is -1.81. The number of carbonyl (C=O) groups is 2. The van der Waals surface area contributed by atoms with Gasteiger partial charge >= 0.3 is 12.0 Å². The molecule has 0 aromatic rings. The number of nitrogens with zero attached hydrogens (tertiary/aromatic N) is 1. The first kappa shape index (κ1) is 18.7. The standard InChI is InChI=1S/C13H26N2O5/c1-5-10(6-2)15(7-8-20-4)13(19)14-11(9(3)16)12(17)18/h9-11,16H,5-8H2,1-4H3,(H,14,19)(H,17,18)/t9-,11+/m1/s1. The van der Waals surface area contributed by atoms with Crippen LogP contribution in [0.3, 0.4) is 0 Å². The van der Waals surface area contributed by atoms with Gasteiger partial charge in [-0.3, -0.25) is 0 Å². The van der Waals surface area contributed by atoms with E-state index in [1.165, 1.54) is 6.92 Å². The Bertz CT molecular complexity index is 305. The zero-order valence-electron chi connectivity index (χ0n) is 12.6. The number of carbonyl (C=O) groups excluding carboxylic acids is 1. The van der Waals surface area contributed by atoms with Crippen LogP contribution in [0.4, 0.5) is 4.79 Å². The second-order valence-electron chi connectivity index (χ2n) is 4.66. The molecule has 0 aromatic heterocycles. The fourth-order valence-corrected chi connectivity index (χ4v) is 1.97. The number of aliphatic hydroxyl groups excluding tert-OH is 1. The quantitative estimate of drug-likeness (QED) is 0.579. The summed E-state index contributed by atoms with van der Waals surface area (Å²) in [5.41, 5.74) is 0. The first-order valence-electron chi connectivity index (χ1n) is 6.85. The average Bonchev–Trinajstić information content (AvgIpc) is 2.39. The van der Waals surface area contributed by atoms with Crippen LogP contribution >= 0.6 is 0 Å². The van der Waals surface area contributed by atoms with Crippen LogP contribution in [-0.4, -0.2) is 65.6 Å². The maximum absolute atomic E-state index is 12.2.